The van der Waals surface area contributed by atoms with Crippen LogP contribution >= 0.6 is 0 Å². The monoisotopic (exact) mass is 331 g/mol. The third kappa shape index (κ3) is 3.93. The van der Waals surface area contributed by atoms with Gasteiger partial charge < -0.3 is 10.5 Å². The Morgan fingerprint density at radius 1 is 0.720 bits per heavy atom. The first kappa shape index (κ1) is 16.5. The molecule has 0 heterocycles. The molecule has 0 radical (unpaired) electrons. The van der Waals surface area contributed by atoms with Crippen LogP contribution in [0.2, 0.25) is 0 Å². The number of nitrogens with two attached hydrogens (primary N) is 1. The Kier molecular flexibility index (Phi) is 4.90. The van der Waals surface area contributed by atoms with E-state index in [2.05, 4.69) is 0 Å². The average molecular weight is 331 g/mol. The van der Waals surface area contributed by atoms with Gasteiger partial charge in [-0.05, 0) is 35.7 Å². The van der Waals surface area contributed by atoms with E-state index in [1.54, 1.807) is 30.3 Å². The first-order chi connectivity index (χ1) is 12.1. The van der Waals surface area contributed by atoms with Crippen LogP contribution in [-0.2, 0) is 11.2 Å². The summed E-state index contributed by atoms with van der Waals surface area (Å²) in [6.07, 6.45) is 0.577. The molecule has 0 unspecified atom stereocenters. The Morgan fingerprint density at radius 2 is 1.28 bits per heavy atom. The summed E-state index contributed by atoms with van der Waals surface area (Å²) >= 11 is 0. The van der Waals surface area contributed by atoms with Gasteiger partial charge in [-0.2, -0.15) is 0 Å². The number of hydrogen-bond donors (Lipinski definition) is 1. The van der Waals surface area contributed by atoms with Crippen molar-refractivity contribution in [1.29, 1.82) is 0 Å². The molecule has 0 aliphatic carbocycles. The standard InChI is InChI=1S/C21H17NO3/c22-19-13-7-6-12-18(19)21(24)25-20(23)17-11-5-4-10-16(17)14-15-8-2-1-3-9-15/h1-13H,14,22H2. The predicted molar refractivity (Wildman–Crippen MR) is 96.3 cm³/mol. The maximum absolute atomic E-state index is 12.5. The Morgan fingerprint density at radius 3 is 2.00 bits per heavy atom. The number of rotatable bonds is 4. The van der Waals surface area contributed by atoms with Gasteiger partial charge in [-0.25, -0.2) is 9.59 Å². The summed E-state index contributed by atoms with van der Waals surface area (Å²) in [5.74, 6) is -1.43. The molecule has 0 spiro atoms. The predicted octanol–water partition coefficient (Wildman–Crippen LogP) is 3.86. The normalized spacial score (nSPS) is 10.2. The molecule has 0 bridgehead atoms. The number of ether oxygens (including phenoxy) is 1. The second kappa shape index (κ2) is 7.45. The van der Waals surface area contributed by atoms with Crippen molar-refractivity contribution in [2.45, 2.75) is 6.42 Å². The van der Waals surface area contributed by atoms with Crippen molar-refractivity contribution in [3.63, 3.8) is 0 Å². The van der Waals surface area contributed by atoms with E-state index >= 15 is 0 Å². The van der Waals surface area contributed by atoms with Gasteiger partial charge in [0, 0.05) is 5.69 Å². The van der Waals surface area contributed by atoms with Crippen LogP contribution in [0.1, 0.15) is 31.8 Å². The number of hydrogen-bond acceptors (Lipinski definition) is 4. The number of anilines is 1. The number of carbonyl (C=O) groups is 2. The van der Waals surface area contributed by atoms with Crippen LogP contribution < -0.4 is 5.73 Å². The third-order valence-corrected chi connectivity index (χ3v) is 3.84. The van der Waals surface area contributed by atoms with Gasteiger partial charge in [0.2, 0.25) is 0 Å². The van der Waals surface area contributed by atoms with Gasteiger partial charge in [0.1, 0.15) is 0 Å². The molecule has 0 amide bonds. The van der Waals surface area contributed by atoms with Gasteiger partial charge in [0.15, 0.2) is 0 Å². The van der Waals surface area contributed by atoms with Crippen molar-refractivity contribution in [1.82, 2.24) is 0 Å². The lowest BCUT2D eigenvalue weighted by Crippen LogP contribution is -2.15. The van der Waals surface area contributed by atoms with Crippen LogP contribution in [0.3, 0.4) is 0 Å². The summed E-state index contributed by atoms with van der Waals surface area (Å²) in [6, 6.07) is 23.4. The fourth-order valence-corrected chi connectivity index (χ4v) is 2.57. The molecule has 25 heavy (non-hydrogen) atoms. The topological polar surface area (TPSA) is 69.4 Å². The van der Waals surface area contributed by atoms with Crippen LogP contribution in [0, 0.1) is 0 Å². The van der Waals surface area contributed by atoms with E-state index in [0.717, 1.165) is 11.1 Å². The molecule has 4 heteroatoms. The van der Waals surface area contributed by atoms with Crippen molar-refractivity contribution < 1.29 is 14.3 Å². The lowest BCUT2D eigenvalue weighted by atomic mass is 10.00. The largest absolute Gasteiger partial charge is 0.398 e. The second-order valence-corrected chi connectivity index (χ2v) is 5.58. The van der Waals surface area contributed by atoms with Gasteiger partial charge in [-0.3, -0.25) is 0 Å². The molecule has 2 N–H and O–H groups in total. The smallest absolute Gasteiger partial charge is 0.348 e. The number of benzene rings is 3. The van der Waals surface area contributed by atoms with Crippen molar-refractivity contribution in [3.05, 3.63) is 101 Å². The Bertz CT molecular complexity index is 904. The molecule has 0 fully saturated rings. The van der Waals surface area contributed by atoms with Gasteiger partial charge in [0.05, 0.1) is 11.1 Å². The first-order valence-corrected chi connectivity index (χ1v) is 7.88. The van der Waals surface area contributed by atoms with Crippen LogP contribution in [0.4, 0.5) is 5.69 Å². The van der Waals surface area contributed by atoms with E-state index in [-0.39, 0.29) is 11.3 Å². The molecule has 4 nitrogen and oxygen atoms in total. The second-order valence-electron chi connectivity index (χ2n) is 5.58. The fraction of sp³-hybridized carbons (Fsp3) is 0.0476. The van der Waals surface area contributed by atoms with E-state index in [0.29, 0.717) is 12.0 Å². The van der Waals surface area contributed by atoms with Gasteiger partial charge in [0.25, 0.3) is 0 Å². The first-order valence-electron chi connectivity index (χ1n) is 7.88. The highest BCUT2D eigenvalue weighted by molar-refractivity contribution is 6.05. The van der Waals surface area contributed by atoms with E-state index < -0.39 is 11.9 Å². The summed E-state index contributed by atoms with van der Waals surface area (Å²) < 4.78 is 5.02. The Hall–Kier alpha value is -3.40. The van der Waals surface area contributed by atoms with E-state index in [1.165, 1.54) is 6.07 Å². The molecule has 0 aliphatic rings. The third-order valence-electron chi connectivity index (χ3n) is 3.84. The summed E-state index contributed by atoms with van der Waals surface area (Å²) in [6.45, 7) is 0. The number of carbonyl (C=O) groups excluding carboxylic acids is 2. The lowest BCUT2D eigenvalue weighted by Gasteiger charge is -2.09. The Balaban J connectivity index is 1.81. The molecule has 0 saturated carbocycles. The van der Waals surface area contributed by atoms with Crippen LogP contribution in [0.15, 0.2) is 78.9 Å². The van der Waals surface area contributed by atoms with E-state index in [1.807, 2.05) is 42.5 Å². The minimum absolute atomic E-state index is 0.177. The minimum Gasteiger partial charge on any atom is -0.398 e. The zero-order valence-corrected chi connectivity index (χ0v) is 13.5. The summed E-state index contributed by atoms with van der Waals surface area (Å²) in [7, 11) is 0. The van der Waals surface area contributed by atoms with Crippen LogP contribution in [0.25, 0.3) is 0 Å². The highest BCUT2D eigenvalue weighted by Gasteiger charge is 2.19. The van der Waals surface area contributed by atoms with Crippen molar-refractivity contribution >= 4 is 17.6 Å². The molecule has 0 aliphatic heterocycles. The number of esters is 2. The van der Waals surface area contributed by atoms with Crippen LogP contribution in [-0.4, -0.2) is 11.9 Å². The Labute approximate surface area is 145 Å². The van der Waals surface area contributed by atoms with E-state index in [4.69, 9.17) is 10.5 Å². The highest BCUT2D eigenvalue weighted by atomic mass is 16.6. The van der Waals surface area contributed by atoms with Crippen LogP contribution in [0.5, 0.6) is 0 Å². The molecular weight excluding hydrogens is 314 g/mol. The zero-order valence-electron chi connectivity index (χ0n) is 13.5. The molecule has 0 aromatic heterocycles. The maximum Gasteiger partial charge on any atom is 0.348 e. The van der Waals surface area contributed by atoms with Crippen molar-refractivity contribution in [3.8, 4) is 0 Å². The van der Waals surface area contributed by atoms with Crippen molar-refractivity contribution in [2.75, 3.05) is 5.73 Å². The zero-order chi connectivity index (χ0) is 17.6. The summed E-state index contributed by atoms with van der Waals surface area (Å²) in [5.41, 5.74) is 8.45. The summed E-state index contributed by atoms with van der Waals surface area (Å²) in [4.78, 5) is 24.7. The molecule has 3 aromatic rings. The highest BCUT2D eigenvalue weighted by Crippen LogP contribution is 2.17. The number of para-hydroxylation sites is 1. The number of nitrogen functional groups attached to an aromatic ring is 1. The molecule has 3 aromatic carbocycles. The van der Waals surface area contributed by atoms with Crippen molar-refractivity contribution in [2.24, 2.45) is 0 Å². The molecule has 0 atom stereocenters. The SMILES string of the molecule is Nc1ccccc1C(=O)OC(=O)c1ccccc1Cc1ccccc1. The molecular formula is C21H17NO3. The minimum atomic E-state index is -0.752. The van der Waals surface area contributed by atoms with E-state index in [9.17, 15) is 9.59 Å². The van der Waals surface area contributed by atoms with Gasteiger partial charge in [-0.15, -0.1) is 0 Å². The lowest BCUT2D eigenvalue weighted by molar-refractivity contribution is 0.0398. The average Bonchev–Trinajstić information content (AvgIpc) is 2.63. The van der Waals surface area contributed by atoms with Gasteiger partial charge in [-0.1, -0.05) is 60.7 Å². The maximum atomic E-state index is 12.5. The fourth-order valence-electron chi connectivity index (χ4n) is 2.57. The quantitative estimate of drug-likeness (QED) is 0.448. The molecule has 0 saturated heterocycles. The van der Waals surface area contributed by atoms with Gasteiger partial charge >= 0.3 is 11.9 Å². The summed E-state index contributed by atoms with van der Waals surface area (Å²) in [5, 5.41) is 0. The molecule has 124 valence electrons. The molecule has 3 rings (SSSR count).